The number of hydrogen-bond donors (Lipinski definition) is 0. The van der Waals surface area contributed by atoms with Gasteiger partial charge in [0.05, 0.1) is 11.0 Å². The second kappa shape index (κ2) is 4.96. The molecule has 0 radical (unpaired) electrons. The third-order valence-electron chi connectivity index (χ3n) is 2.50. The first kappa shape index (κ1) is 11.5. The van der Waals surface area contributed by atoms with Crippen molar-refractivity contribution >= 4 is 34.0 Å². The summed E-state index contributed by atoms with van der Waals surface area (Å²) in [5.74, 6) is 0.560. The topological polar surface area (TPSA) is 51.6 Å². The number of nitrogens with zero attached hydrogens (tertiary/aromatic N) is 4. The summed E-state index contributed by atoms with van der Waals surface area (Å²) in [6.45, 7) is 0. The Balaban J connectivity index is 2.12. The van der Waals surface area contributed by atoms with Crippen LogP contribution in [0.1, 0.15) is 5.01 Å². The third-order valence-corrected chi connectivity index (χ3v) is 3.71. The maximum absolute atomic E-state index is 5.70. The van der Waals surface area contributed by atoms with E-state index >= 15 is 0 Å². The van der Waals surface area contributed by atoms with Crippen molar-refractivity contribution in [2.24, 2.45) is 0 Å². The van der Waals surface area contributed by atoms with Gasteiger partial charge in [-0.15, -0.1) is 21.8 Å². The number of aromatic nitrogens is 4. The van der Waals surface area contributed by atoms with E-state index in [4.69, 9.17) is 11.6 Å². The van der Waals surface area contributed by atoms with Gasteiger partial charge in [0.25, 0.3) is 0 Å². The van der Waals surface area contributed by atoms with Crippen molar-refractivity contribution in [2.75, 3.05) is 5.88 Å². The first-order chi connectivity index (χ1) is 8.88. The molecule has 3 aromatic rings. The van der Waals surface area contributed by atoms with E-state index in [1.54, 1.807) is 23.7 Å². The lowest BCUT2D eigenvalue weighted by molar-refractivity contribution is 0.990. The number of fused-ring (bicyclic) bond motifs is 1. The summed E-state index contributed by atoms with van der Waals surface area (Å²) in [5.41, 5.74) is 2.69. The molecule has 0 aliphatic heterocycles. The lowest BCUT2D eigenvalue weighted by atomic mass is 10.2. The fraction of sp³-hybridized carbons (Fsp3) is 0.167. The summed E-state index contributed by atoms with van der Waals surface area (Å²) >= 11 is 7.25. The molecule has 0 spiro atoms. The number of alkyl halides is 1. The van der Waals surface area contributed by atoms with Crippen molar-refractivity contribution in [1.29, 1.82) is 0 Å². The monoisotopic (exact) mass is 276 g/mol. The van der Waals surface area contributed by atoms with Gasteiger partial charge >= 0.3 is 0 Å². The number of benzene rings is 1. The molecule has 0 unspecified atom stereocenters. The van der Waals surface area contributed by atoms with Gasteiger partial charge in [-0.1, -0.05) is 17.4 Å². The molecule has 4 nitrogen and oxygen atoms in total. The minimum Gasteiger partial charge on any atom is -0.253 e. The van der Waals surface area contributed by atoms with Gasteiger partial charge in [0.2, 0.25) is 0 Å². The highest BCUT2D eigenvalue weighted by Gasteiger charge is 2.10. The highest BCUT2D eigenvalue weighted by atomic mass is 35.5. The Morgan fingerprint density at radius 2 is 2.00 bits per heavy atom. The Bertz CT molecular complexity index is 677. The van der Waals surface area contributed by atoms with Gasteiger partial charge in [-0.3, -0.25) is 9.97 Å². The van der Waals surface area contributed by atoms with E-state index in [0.717, 1.165) is 33.0 Å². The summed E-state index contributed by atoms with van der Waals surface area (Å²) in [6, 6.07) is 5.88. The molecule has 6 heteroatoms. The van der Waals surface area contributed by atoms with Gasteiger partial charge in [0.1, 0.15) is 10.0 Å². The molecule has 0 bridgehead atoms. The van der Waals surface area contributed by atoms with Crippen LogP contribution < -0.4 is 0 Å². The average molecular weight is 277 g/mol. The van der Waals surface area contributed by atoms with Crippen LogP contribution in [-0.2, 0) is 6.42 Å². The first-order valence-corrected chi connectivity index (χ1v) is 6.82. The fourth-order valence-electron chi connectivity index (χ4n) is 1.71. The molecule has 2 aromatic heterocycles. The molecule has 0 fully saturated rings. The first-order valence-electron chi connectivity index (χ1n) is 5.47. The lowest BCUT2D eigenvalue weighted by Crippen LogP contribution is -1.86. The molecule has 0 aliphatic carbocycles. The summed E-state index contributed by atoms with van der Waals surface area (Å²) in [7, 11) is 0. The standard InChI is InChI=1S/C12H9ClN4S/c13-5-4-10-16-17-12(18-10)8-2-1-3-9-11(8)15-7-6-14-9/h1-3,6-7H,4-5H2. The Labute approximate surface area is 113 Å². The predicted molar refractivity (Wildman–Crippen MR) is 72.9 cm³/mol. The molecule has 2 heterocycles. The van der Waals surface area contributed by atoms with Crippen LogP contribution in [0.15, 0.2) is 30.6 Å². The average Bonchev–Trinajstić information content (AvgIpc) is 2.87. The predicted octanol–water partition coefficient (Wildman–Crippen LogP) is 2.93. The van der Waals surface area contributed by atoms with Crippen LogP contribution in [0.3, 0.4) is 0 Å². The van der Waals surface area contributed by atoms with Crippen LogP contribution in [0.25, 0.3) is 21.6 Å². The van der Waals surface area contributed by atoms with Crippen LogP contribution in [-0.4, -0.2) is 26.0 Å². The van der Waals surface area contributed by atoms with E-state index in [1.165, 1.54) is 0 Å². The van der Waals surface area contributed by atoms with Crippen molar-refractivity contribution in [2.45, 2.75) is 6.42 Å². The maximum atomic E-state index is 5.70. The highest BCUT2D eigenvalue weighted by Crippen LogP contribution is 2.28. The van der Waals surface area contributed by atoms with E-state index in [0.29, 0.717) is 5.88 Å². The fourth-order valence-corrected chi connectivity index (χ4v) is 2.87. The summed E-state index contributed by atoms with van der Waals surface area (Å²) in [5, 5.41) is 10.1. The van der Waals surface area contributed by atoms with Crippen LogP contribution >= 0.6 is 22.9 Å². The molecule has 0 saturated carbocycles. The molecule has 3 rings (SSSR count). The van der Waals surface area contributed by atoms with Gasteiger partial charge in [-0.05, 0) is 12.1 Å². The second-order valence-electron chi connectivity index (χ2n) is 3.67. The summed E-state index contributed by atoms with van der Waals surface area (Å²) < 4.78 is 0. The van der Waals surface area contributed by atoms with E-state index in [9.17, 15) is 0 Å². The Kier molecular flexibility index (Phi) is 3.17. The van der Waals surface area contributed by atoms with Gasteiger partial charge in [-0.25, -0.2) is 0 Å². The minimum atomic E-state index is 0.560. The number of hydrogen-bond acceptors (Lipinski definition) is 5. The van der Waals surface area contributed by atoms with Crippen molar-refractivity contribution in [3.05, 3.63) is 35.6 Å². The zero-order valence-electron chi connectivity index (χ0n) is 9.38. The van der Waals surface area contributed by atoms with E-state index in [2.05, 4.69) is 20.2 Å². The number of halogens is 1. The molecule has 90 valence electrons. The zero-order valence-corrected chi connectivity index (χ0v) is 10.9. The van der Waals surface area contributed by atoms with Crippen molar-refractivity contribution in [3.63, 3.8) is 0 Å². The van der Waals surface area contributed by atoms with Crippen molar-refractivity contribution in [3.8, 4) is 10.6 Å². The molecule has 0 amide bonds. The SMILES string of the molecule is ClCCc1nnc(-c2cccc3nccnc23)s1. The molecule has 0 N–H and O–H groups in total. The largest absolute Gasteiger partial charge is 0.253 e. The van der Waals surface area contributed by atoms with Crippen molar-refractivity contribution in [1.82, 2.24) is 20.2 Å². The summed E-state index contributed by atoms with van der Waals surface area (Å²) in [6.07, 6.45) is 4.12. The van der Waals surface area contributed by atoms with E-state index in [-0.39, 0.29) is 0 Å². The molecular formula is C12H9ClN4S. The van der Waals surface area contributed by atoms with Crippen LogP contribution in [0.5, 0.6) is 0 Å². The molecule has 0 saturated heterocycles. The molecule has 0 atom stereocenters. The molecule has 1 aromatic carbocycles. The number of aryl methyl sites for hydroxylation is 1. The van der Waals surface area contributed by atoms with Crippen LogP contribution in [0.4, 0.5) is 0 Å². The van der Waals surface area contributed by atoms with Gasteiger partial charge in [-0.2, -0.15) is 0 Å². The van der Waals surface area contributed by atoms with Gasteiger partial charge < -0.3 is 0 Å². The molecule has 0 aliphatic rings. The minimum absolute atomic E-state index is 0.560. The Morgan fingerprint density at radius 1 is 1.11 bits per heavy atom. The zero-order chi connectivity index (χ0) is 12.4. The Hall–Kier alpha value is -1.59. The number of para-hydroxylation sites is 1. The maximum Gasteiger partial charge on any atom is 0.150 e. The highest BCUT2D eigenvalue weighted by molar-refractivity contribution is 7.14. The van der Waals surface area contributed by atoms with Gasteiger partial charge in [0.15, 0.2) is 0 Å². The van der Waals surface area contributed by atoms with Gasteiger partial charge in [0, 0.05) is 30.3 Å². The quantitative estimate of drug-likeness (QED) is 0.690. The van der Waals surface area contributed by atoms with E-state index in [1.807, 2.05) is 18.2 Å². The molecular weight excluding hydrogens is 268 g/mol. The Morgan fingerprint density at radius 3 is 2.89 bits per heavy atom. The molecule has 18 heavy (non-hydrogen) atoms. The van der Waals surface area contributed by atoms with E-state index < -0.39 is 0 Å². The number of rotatable bonds is 3. The smallest absolute Gasteiger partial charge is 0.150 e. The summed E-state index contributed by atoms with van der Waals surface area (Å²) in [4.78, 5) is 8.65. The van der Waals surface area contributed by atoms with Crippen LogP contribution in [0.2, 0.25) is 0 Å². The lowest BCUT2D eigenvalue weighted by Gasteiger charge is -2.00. The third kappa shape index (κ3) is 2.07. The van der Waals surface area contributed by atoms with Crippen LogP contribution in [0, 0.1) is 0 Å². The second-order valence-corrected chi connectivity index (χ2v) is 5.11. The normalized spacial score (nSPS) is 10.9. The van der Waals surface area contributed by atoms with Crippen molar-refractivity contribution < 1.29 is 0 Å².